The molecule has 0 amide bonds. The lowest BCUT2D eigenvalue weighted by Crippen LogP contribution is -2.41. The predicted octanol–water partition coefficient (Wildman–Crippen LogP) is 0.691. The Hall–Kier alpha value is -2.10. The zero-order chi connectivity index (χ0) is 13.8. The number of anilines is 1. The second-order valence-corrected chi connectivity index (χ2v) is 4.41. The number of nitrogens with zero attached hydrogens (tertiary/aromatic N) is 2. The van der Waals surface area contributed by atoms with Gasteiger partial charge in [0.1, 0.15) is 0 Å². The van der Waals surface area contributed by atoms with Crippen molar-refractivity contribution in [3.05, 3.63) is 29.3 Å². The molecule has 1 aliphatic heterocycles. The Morgan fingerprint density at radius 2 is 2.42 bits per heavy atom. The summed E-state index contributed by atoms with van der Waals surface area (Å²) in [5, 5.41) is 18.0. The summed E-state index contributed by atoms with van der Waals surface area (Å²) in [5.74, 6) is -1.03. The van der Waals surface area contributed by atoms with Crippen molar-refractivity contribution < 1.29 is 14.6 Å². The fourth-order valence-corrected chi connectivity index (χ4v) is 2.18. The number of carboxylic acids is 1. The second-order valence-electron chi connectivity index (χ2n) is 4.41. The molecule has 0 spiro atoms. The average Bonchev–Trinajstić information content (AvgIpc) is 2.38. The second kappa shape index (κ2) is 5.69. The molecule has 6 heteroatoms. The van der Waals surface area contributed by atoms with E-state index in [4.69, 9.17) is 15.7 Å². The van der Waals surface area contributed by atoms with Crippen LogP contribution < -0.4 is 5.73 Å². The lowest BCUT2D eigenvalue weighted by atomic mass is 10.0. The number of hydrogen-bond donors (Lipinski definition) is 2. The Bertz CT molecular complexity index is 524. The van der Waals surface area contributed by atoms with Gasteiger partial charge in [-0.2, -0.15) is 5.26 Å². The number of nitrogen functional groups attached to an aromatic ring is 1. The molecule has 6 nitrogen and oxygen atoms in total. The molecule has 1 saturated heterocycles. The van der Waals surface area contributed by atoms with Gasteiger partial charge in [-0.05, 0) is 11.6 Å². The van der Waals surface area contributed by atoms with Gasteiger partial charge in [-0.3, -0.25) is 4.90 Å². The number of hydrogen-bond acceptors (Lipinski definition) is 5. The molecule has 1 aromatic rings. The highest BCUT2D eigenvalue weighted by molar-refractivity contribution is 5.95. The van der Waals surface area contributed by atoms with E-state index < -0.39 is 12.1 Å². The Morgan fingerprint density at radius 1 is 1.63 bits per heavy atom. The third kappa shape index (κ3) is 3.02. The number of nitriles is 1. The summed E-state index contributed by atoms with van der Waals surface area (Å²) in [6, 6.07) is 7.12. The minimum atomic E-state index is -1.03. The molecule has 100 valence electrons. The number of morpholine rings is 1. The van der Waals surface area contributed by atoms with Crippen LogP contribution in [0.2, 0.25) is 0 Å². The van der Waals surface area contributed by atoms with Crippen molar-refractivity contribution in [3.63, 3.8) is 0 Å². The summed E-state index contributed by atoms with van der Waals surface area (Å²) in [7, 11) is 0. The molecule has 1 atom stereocenters. The maximum atomic E-state index is 11.2. The number of carboxylic acid groups (broad SMARTS) is 1. The minimum absolute atomic E-state index is 0.141. The van der Waals surface area contributed by atoms with Gasteiger partial charge in [0.2, 0.25) is 0 Å². The van der Waals surface area contributed by atoms with Crippen LogP contribution in [0.1, 0.15) is 15.9 Å². The van der Waals surface area contributed by atoms with Gasteiger partial charge in [-0.15, -0.1) is 0 Å². The standard InChI is InChI=1S/C13H15N3O3/c14-6-10-8-16(4-5-19-10)7-9-2-1-3-11(15)12(9)13(17)18/h1-3,10H,4-5,7-8,15H2,(H,17,18). The van der Waals surface area contributed by atoms with Crippen molar-refractivity contribution in [2.75, 3.05) is 25.4 Å². The van der Waals surface area contributed by atoms with Gasteiger partial charge in [-0.25, -0.2) is 4.79 Å². The highest BCUT2D eigenvalue weighted by Gasteiger charge is 2.22. The van der Waals surface area contributed by atoms with Crippen LogP contribution in [-0.2, 0) is 11.3 Å². The van der Waals surface area contributed by atoms with Gasteiger partial charge >= 0.3 is 5.97 Å². The minimum Gasteiger partial charge on any atom is -0.478 e. The molecule has 19 heavy (non-hydrogen) atoms. The van der Waals surface area contributed by atoms with Gasteiger partial charge < -0.3 is 15.6 Å². The third-order valence-corrected chi connectivity index (χ3v) is 3.09. The van der Waals surface area contributed by atoms with Crippen molar-refractivity contribution in [2.45, 2.75) is 12.6 Å². The first-order valence-corrected chi connectivity index (χ1v) is 5.96. The molecule has 1 heterocycles. The van der Waals surface area contributed by atoms with E-state index in [0.29, 0.717) is 31.8 Å². The van der Waals surface area contributed by atoms with E-state index in [1.54, 1.807) is 18.2 Å². The molecule has 1 unspecified atom stereocenters. The summed E-state index contributed by atoms with van der Waals surface area (Å²) in [5.41, 5.74) is 6.76. The van der Waals surface area contributed by atoms with Crippen LogP contribution in [0, 0.1) is 11.3 Å². The number of ether oxygens (including phenoxy) is 1. The van der Waals surface area contributed by atoms with Gasteiger partial charge in [0.05, 0.1) is 18.2 Å². The zero-order valence-corrected chi connectivity index (χ0v) is 10.4. The Morgan fingerprint density at radius 3 is 3.11 bits per heavy atom. The van der Waals surface area contributed by atoms with Crippen LogP contribution in [-0.4, -0.2) is 41.8 Å². The molecular weight excluding hydrogens is 246 g/mol. The molecule has 0 radical (unpaired) electrons. The van der Waals surface area contributed by atoms with Crippen molar-refractivity contribution in [3.8, 4) is 6.07 Å². The summed E-state index contributed by atoms with van der Waals surface area (Å²) in [6.07, 6.45) is -0.455. The van der Waals surface area contributed by atoms with E-state index in [9.17, 15) is 9.90 Å². The maximum Gasteiger partial charge on any atom is 0.338 e. The average molecular weight is 261 g/mol. The Kier molecular flexibility index (Phi) is 4.00. The van der Waals surface area contributed by atoms with E-state index >= 15 is 0 Å². The zero-order valence-electron chi connectivity index (χ0n) is 10.4. The monoisotopic (exact) mass is 261 g/mol. The van der Waals surface area contributed by atoms with E-state index in [1.807, 2.05) is 4.90 Å². The van der Waals surface area contributed by atoms with Crippen molar-refractivity contribution >= 4 is 11.7 Å². The number of aromatic carboxylic acids is 1. The van der Waals surface area contributed by atoms with Crippen LogP contribution in [0.4, 0.5) is 5.69 Å². The number of benzene rings is 1. The van der Waals surface area contributed by atoms with Gasteiger partial charge in [0.15, 0.2) is 6.10 Å². The van der Waals surface area contributed by atoms with Gasteiger partial charge in [0.25, 0.3) is 0 Å². The topological polar surface area (TPSA) is 99.6 Å². The van der Waals surface area contributed by atoms with E-state index in [2.05, 4.69) is 6.07 Å². The van der Waals surface area contributed by atoms with Crippen LogP contribution in [0.15, 0.2) is 18.2 Å². The van der Waals surface area contributed by atoms with Crippen molar-refractivity contribution in [2.24, 2.45) is 0 Å². The lowest BCUT2D eigenvalue weighted by molar-refractivity contribution is -0.00278. The first-order valence-electron chi connectivity index (χ1n) is 5.96. The highest BCUT2D eigenvalue weighted by Crippen LogP contribution is 2.20. The molecule has 3 N–H and O–H groups in total. The SMILES string of the molecule is N#CC1CN(Cc2cccc(N)c2C(=O)O)CCO1. The van der Waals surface area contributed by atoms with Gasteiger partial charge in [0, 0.05) is 25.3 Å². The number of nitrogens with two attached hydrogens (primary N) is 1. The lowest BCUT2D eigenvalue weighted by Gasteiger charge is -2.30. The molecule has 0 aliphatic carbocycles. The number of rotatable bonds is 3. The molecule has 1 aliphatic rings. The fourth-order valence-electron chi connectivity index (χ4n) is 2.18. The first-order chi connectivity index (χ1) is 9.11. The summed E-state index contributed by atoms with van der Waals surface area (Å²) < 4.78 is 5.25. The molecule has 2 rings (SSSR count). The molecule has 1 fully saturated rings. The smallest absolute Gasteiger partial charge is 0.338 e. The van der Waals surface area contributed by atoms with Gasteiger partial charge in [-0.1, -0.05) is 12.1 Å². The van der Waals surface area contributed by atoms with Crippen LogP contribution in [0.25, 0.3) is 0 Å². The first kappa shape index (κ1) is 13.3. The maximum absolute atomic E-state index is 11.2. The van der Waals surface area contributed by atoms with Crippen molar-refractivity contribution in [1.29, 1.82) is 5.26 Å². The molecule has 0 saturated carbocycles. The number of carbonyl (C=O) groups is 1. The van der Waals surface area contributed by atoms with E-state index in [-0.39, 0.29) is 11.3 Å². The normalized spacial score (nSPS) is 19.8. The van der Waals surface area contributed by atoms with Crippen LogP contribution >= 0.6 is 0 Å². The summed E-state index contributed by atoms with van der Waals surface area (Å²) in [4.78, 5) is 13.2. The molecule has 0 aromatic heterocycles. The van der Waals surface area contributed by atoms with Crippen molar-refractivity contribution in [1.82, 2.24) is 4.90 Å². The molecular formula is C13H15N3O3. The third-order valence-electron chi connectivity index (χ3n) is 3.09. The molecule has 1 aromatic carbocycles. The summed E-state index contributed by atoms with van der Waals surface area (Å²) >= 11 is 0. The highest BCUT2D eigenvalue weighted by atomic mass is 16.5. The Labute approximate surface area is 111 Å². The molecule has 0 bridgehead atoms. The fraction of sp³-hybridized carbons (Fsp3) is 0.385. The van der Waals surface area contributed by atoms with E-state index in [0.717, 1.165) is 0 Å². The largest absolute Gasteiger partial charge is 0.478 e. The van der Waals surface area contributed by atoms with Crippen LogP contribution in [0.5, 0.6) is 0 Å². The van der Waals surface area contributed by atoms with Crippen LogP contribution in [0.3, 0.4) is 0 Å². The summed E-state index contributed by atoms with van der Waals surface area (Å²) in [6.45, 7) is 2.08. The Balaban J connectivity index is 2.17. The predicted molar refractivity (Wildman–Crippen MR) is 68.4 cm³/mol. The van der Waals surface area contributed by atoms with E-state index in [1.165, 1.54) is 0 Å². The quantitative estimate of drug-likeness (QED) is 0.777.